The zero-order chi connectivity index (χ0) is 31.5. The van der Waals surface area contributed by atoms with Crippen molar-refractivity contribution < 1.29 is 28.7 Å². The lowest BCUT2D eigenvalue weighted by Gasteiger charge is -2.19. The van der Waals surface area contributed by atoms with E-state index in [-0.39, 0.29) is 24.7 Å². The molecule has 4 N–H and O–H groups in total. The molecule has 0 saturated carbocycles. The Bertz CT molecular complexity index is 1630. The van der Waals surface area contributed by atoms with Gasteiger partial charge in [-0.1, -0.05) is 36.4 Å². The van der Waals surface area contributed by atoms with Gasteiger partial charge in [-0.15, -0.1) is 0 Å². The van der Waals surface area contributed by atoms with Gasteiger partial charge in [0.05, 0.1) is 44.4 Å². The van der Waals surface area contributed by atoms with Crippen molar-refractivity contribution in [3.63, 3.8) is 0 Å². The maximum atomic E-state index is 12.8. The number of benzene rings is 3. The fourth-order valence-corrected chi connectivity index (χ4v) is 4.37. The van der Waals surface area contributed by atoms with Crippen molar-refractivity contribution in [2.45, 2.75) is 25.8 Å². The first kappa shape index (κ1) is 31.2. The summed E-state index contributed by atoms with van der Waals surface area (Å²) >= 11 is 0. The first-order valence-corrected chi connectivity index (χ1v) is 13.7. The van der Waals surface area contributed by atoms with Crippen LogP contribution in [0.5, 0.6) is 5.75 Å². The van der Waals surface area contributed by atoms with E-state index in [2.05, 4.69) is 26.3 Å². The molecule has 11 heteroatoms. The van der Waals surface area contributed by atoms with Crippen LogP contribution in [0.3, 0.4) is 0 Å². The topological polar surface area (TPSA) is 148 Å². The van der Waals surface area contributed by atoms with Crippen LogP contribution in [0.1, 0.15) is 39.5 Å². The average molecular weight is 596 g/mol. The van der Waals surface area contributed by atoms with Gasteiger partial charge in [-0.2, -0.15) is 0 Å². The Morgan fingerprint density at radius 2 is 1.59 bits per heavy atom. The first-order valence-electron chi connectivity index (χ1n) is 13.7. The van der Waals surface area contributed by atoms with Gasteiger partial charge in [-0.05, 0) is 66.1 Å². The number of carbonyl (C=O) groups excluding carboxylic acids is 4. The average Bonchev–Trinajstić information content (AvgIpc) is 3.03. The molecule has 0 unspecified atom stereocenters. The highest BCUT2D eigenvalue weighted by molar-refractivity contribution is 6.01. The van der Waals surface area contributed by atoms with Gasteiger partial charge >= 0.3 is 12.0 Å². The summed E-state index contributed by atoms with van der Waals surface area (Å²) in [7, 11) is 2.77. The number of pyridine rings is 1. The Morgan fingerprint density at radius 3 is 2.27 bits per heavy atom. The zero-order valence-corrected chi connectivity index (χ0v) is 24.5. The molecule has 11 nitrogen and oxygen atoms in total. The van der Waals surface area contributed by atoms with E-state index < -0.39 is 18.0 Å². The first-order chi connectivity index (χ1) is 21.2. The van der Waals surface area contributed by atoms with Crippen molar-refractivity contribution in [2.75, 3.05) is 30.2 Å². The summed E-state index contributed by atoms with van der Waals surface area (Å²) in [4.78, 5) is 54.0. The molecule has 0 saturated heterocycles. The number of amides is 4. The predicted octanol–water partition coefficient (Wildman–Crippen LogP) is 5.26. The lowest BCUT2D eigenvalue weighted by Crippen LogP contribution is -2.30. The second-order valence-corrected chi connectivity index (χ2v) is 9.82. The summed E-state index contributed by atoms with van der Waals surface area (Å²) in [5.74, 6) is -0.728. The van der Waals surface area contributed by atoms with E-state index in [4.69, 9.17) is 9.47 Å². The number of para-hydroxylation sites is 1. The van der Waals surface area contributed by atoms with Crippen LogP contribution in [-0.4, -0.2) is 43.0 Å². The molecule has 1 heterocycles. The molecule has 0 aliphatic carbocycles. The van der Waals surface area contributed by atoms with Gasteiger partial charge in [0.2, 0.25) is 5.91 Å². The van der Waals surface area contributed by atoms with Gasteiger partial charge in [0.15, 0.2) is 0 Å². The predicted molar refractivity (Wildman–Crippen MR) is 167 cm³/mol. The maximum absolute atomic E-state index is 12.8. The summed E-state index contributed by atoms with van der Waals surface area (Å²) in [5.41, 5.74) is 4.31. The minimum Gasteiger partial charge on any atom is -0.495 e. The minimum atomic E-state index is -0.654. The number of rotatable bonds is 11. The summed E-state index contributed by atoms with van der Waals surface area (Å²) < 4.78 is 10.2. The van der Waals surface area contributed by atoms with Crippen molar-refractivity contribution in [2.24, 2.45) is 0 Å². The third-order valence-electron chi connectivity index (χ3n) is 6.70. The van der Waals surface area contributed by atoms with E-state index >= 15 is 0 Å². The number of urea groups is 1. The number of methoxy groups -OCH3 is 2. The van der Waals surface area contributed by atoms with Crippen molar-refractivity contribution in [3.05, 3.63) is 114 Å². The molecule has 0 radical (unpaired) electrons. The van der Waals surface area contributed by atoms with Crippen molar-refractivity contribution in [1.82, 2.24) is 10.3 Å². The van der Waals surface area contributed by atoms with Crippen molar-refractivity contribution in [3.8, 4) is 5.75 Å². The largest absolute Gasteiger partial charge is 0.495 e. The number of aromatic nitrogens is 1. The lowest BCUT2D eigenvalue weighted by atomic mass is 10.0. The molecular weight excluding hydrogens is 562 g/mol. The Balaban J connectivity index is 1.37. The number of nitrogens with one attached hydrogen (secondary N) is 4. The SMILES string of the molecule is COC(=O)C[C@@H](NC(=O)c1cccnc1)c1ccc(NC(=O)Cc2ccc(NC(=O)Nc3ccccc3C)c(OC)c2)cc1. The third-order valence-corrected chi connectivity index (χ3v) is 6.70. The number of esters is 1. The van der Waals surface area contributed by atoms with Crippen LogP contribution >= 0.6 is 0 Å². The molecule has 0 fully saturated rings. The van der Waals surface area contributed by atoms with Crippen molar-refractivity contribution >= 4 is 40.9 Å². The van der Waals surface area contributed by atoms with Crippen LogP contribution in [0, 0.1) is 6.92 Å². The van der Waals surface area contributed by atoms with E-state index in [0.29, 0.717) is 39.5 Å². The standard InChI is InChI=1S/C33H33N5O6/c1-21-7-4-5-9-26(21)37-33(42)38-27-15-10-22(17-29(27)43-2)18-30(39)35-25-13-11-23(12-14-25)28(19-31(40)44-3)36-32(41)24-8-6-16-34-20-24/h4-17,20,28H,18-19H2,1-3H3,(H,35,39)(H,36,41)(H2,37,38,42)/t28-/m1/s1. The molecule has 0 spiro atoms. The van der Waals surface area contributed by atoms with Gasteiger partial charge in [-0.3, -0.25) is 19.4 Å². The Labute approximate surface area is 255 Å². The van der Waals surface area contributed by atoms with Crippen LogP contribution in [0.2, 0.25) is 0 Å². The highest BCUT2D eigenvalue weighted by Crippen LogP contribution is 2.27. The fraction of sp³-hybridized carbons (Fsp3) is 0.182. The highest BCUT2D eigenvalue weighted by atomic mass is 16.5. The van der Waals surface area contributed by atoms with E-state index in [0.717, 1.165) is 5.56 Å². The van der Waals surface area contributed by atoms with E-state index in [9.17, 15) is 19.2 Å². The Morgan fingerprint density at radius 1 is 0.841 bits per heavy atom. The van der Waals surface area contributed by atoms with Crippen LogP contribution in [0.25, 0.3) is 0 Å². The summed E-state index contributed by atoms with van der Waals surface area (Å²) in [6, 6.07) is 21.6. The van der Waals surface area contributed by atoms with Crippen LogP contribution in [0.15, 0.2) is 91.3 Å². The van der Waals surface area contributed by atoms with Crippen LogP contribution in [0.4, 0.5) is 21.9 Å². The van der Waals surface area contributed by atoms with Gasteiger partial charge < -0.3 is 30.7 Å². The zero-order valence-electron chi connectivity index (χ0n) is 24.5. The molecule has 44 heavy (non-hydrogen) atoms. The molecule has 1 aromatic heterocycles. The minimum absolute atomic E-state index is 0.0555. The second kappa shape index (κ2) is 15.0. The lowest BCUT2D eigenvalue weighted by molar-refractivity contribution is -0.141. The van der Waals surface area contributed by atoms with E-state index in [1.165, 1.54) is 20.4 Å². The fourth-order valence-electron chi connectivity index (χ4n) is 4.37. The smallest absolute Gasteiger partial charge is 0.323 e. The summed E-state index contributed by atoms with van der Waals surface area (Å²) in [6.45, 7) is 1.90. The quantitative estimate of drug-likeness (QED) is 0.173. The molecule has 3 aromatic carbocycles. The molecule has 0 bridgehead atoms. The van der Waals surface area contributed by atoms with Gasteiger partial charge in [-0.25, -0.2) is 4.79 Å². The number of carbonyl (C=O) groups is 4. The summed E-state index contributed by atoms with van der Waals surface area (Å²) in [5, 5.41) is 11.3. The highest BCUT2D eigenvalue weighted by Gasteiger charge is 2.20. The molecule has 4 aromatic rings. The number of hydrogen-bond acceptors (Lipinski definition) is 7. The number of nitrogens with zero attached hydrogens (tertiary/aromatic N) is 1. The van der Waals surface area contributed by atoms with E-state index in [1.807, 2.05) is 31.2 Å². The summed E-state index contributed by atoms with van der Waals surface area (Å²) in [6.07, 6.45) is 2.98. The molecule has 4 rings (SSSR count). The molecule has 1 atom stereocenters. The third kappa shape index (κ3) is 8.65. The molecule has 226 valence electrons. The van der Waals surface area contributed by atoms with Gasteiger partial charge in [0.25, 0.3) is 5.91 Å². The molecule has 4 amide bonds. The van der Waals surface area contributed by atoms with Crippen molar-refractivity contribution in [1.29, 1.82) is 0 Å². The maximum Gasteiger partial charge on any atom is 0.323 e. The number of ether oxygens (including phenoxy) is 2. The second-order valence-electron chi connectivity index (χ2n) is 9.82. The number of hydrogen-bond donors (Lipinski definition) is 4. The van der Waals surface area contributed by atoms with Crippen LogP contribution in [-0.2, 0) is 20.7 Å². The molecule has 0 aliphatic rings. The number of aryl methyl sites for hydroxylation is 1. The Kier molecular flexibility index (Phi) is 10.6. The monoisotopic (exact) mass is 595 g/mol. The molecular formula is C33H33N5O6. The van der Waals surface area contributed by atoms with Gasteiger partial charge in [0, 0.05) is 23.8 Å². The Hall–Kier alpha value is -5.71. The number of anilines is 3. The normalized spacial score (nSPS) is 11.1. The van der Waals surface area contributed by atoms with Crippen LogP contribution < -0.4 is 26.0 Å². The van der Waals surface area contributed by atoms with E-state index in [1.54, 1.807) is 60.8 Å². The molecule has 0 aliphatic heterocycles. The van der Waals surface area contributed by atoms with Gasteiger partial charge in [0.1, 0.15) is 5.75 Å².